The minimum atomic E-state index is -0.419. The molecule has 2 N–H and O–H groups in total. The van der Waals surface area contributed by atoms with Crippen LogP contribution in [-0.2, 0) is 9.59 Å². The Bertz CT molecular complexity index is 707. The number of carbonyl (C=O) groups is 2. The van der Waals surface area contributed by atoms with Crippen LogP contribution in [0.25, 0.3) is 0 Å². The van der Waals surface area contributed by atoms with Gasteiger partial charge in [-0.15, -0.1) is 0 Å². The fourth-order valence-corrected chi connectivity index (χ4v) is 3.15. The third kappa shape index (κ3) is 6.20. The van der Waals surface area contributed by atoms with E-state index in [1.54, 1.807) is 0 Å². The lowest BCUT2D eigenvalue weighted by molar-refractivity contribution is -0.128. The van der Waals surface area contributed by atoms with Crippen molar-refractivity contribution < 1.29 is 9.59 Å². The molecule has 0 saturated heterocycles. The van der Waals surface area contributed by atoms with Crippen molar-refractivity contribution in [1.29, 1.82) is 0 Å². The van der Waals surface area contributed by atoms with Crippen LogP contribution in [0.1, 0.15) is 44.9 Å². The summed E-state index contributed by atoms with van der Waals surface area (Å²) >= 11 is 0. The summed E-state index contributed by atoms with van der Waals surface area (Å²) in [5.74, 6) is -0.170. The Balaban J connectivity index is 2.14. The van der Waals surface area contributed by atoms with Gasteiger partial charge in [0.1, 0.15) is 0 Å². The second-order valence-corrected chi connectivity index (χ2v) is 7.22. The first kappa shape index (κ1) is 21.6. The molecule has 0 aromatic heterocycles. The zero-order valence-corrected chi connectivity index (χ0v) is 17.2. The van der Waals surface area contributed by atoms with Gasteiger partial charge in [-0.1, -0.05) is 67.6 Å². The molecule has 0 saturated carbocycles. The molecule has 0 heterocycles. The lowest BCUT2D eigenvalue weighted by Gasteiger charge is -2.29. The van der Waals surface area contributed by atoms with Gasteiger partial charge in [0, 0.05) is 6.04 Å². The zero-order valence-electron chi connectivity index (χ0n) is 17.2. The molecule has 1 atom stereocenters. The van der Waals surface area contributed by atoms with Gasteiger partial charge >= 0.3 is 0 Å². The fraction of sp³-hybridized carbons (Fsp3) is 0.391. The summed E-state index contributed by atoms with van der Waals surface area (Å²) in [6.07, 6.45) is 0. The number of rotatable bonds is 9. The number of nitrogens with zero attached hydrogens (tertiary/aromatic N) is 1. The summed E-state index contributed by atoms with van der Waals surface area (Å²) in [7, 11) is 0. The van der Waals surface area contributed by atoms with Crippen molar-refractivity contribution in [3.05, 3.63) is 71.8 Å². The van der Waals surface area contributed by atoms with Gasteiger partial charge in [-0.05, 0) is 38.4 Å². The second-order valence-electron chi connectivity index (χ2n) is 7.22. The minimum absolute atomic E-state index is 0.0702. The van der Waals surface area contributed by atoms with Gasteiger partial charge in [0.2, 0.25) is 11.8 Å². The molecule has 2 amide bonds. The zero-order chi connectivity index (χ0) is 20.5. The summed E-state index contributed by atoms with van der Waals surface area (Å²) < 4.78 is 0. The number of amides is 2. The molecule has 150 valence electrons. The maximum Gasteiger partial charge on any atom is 0.237 e. The summed E-state index contributed by atoms with van der Waals surface area (Å²) in [6, 6.07) is 19.3. The molecule has 0 spiro atoms. The fourth-order valence-electron chi connectivity index (χ4n) is 3.15. The molecule has 0 aliphatic heterocycles. The molecule has 5 nitrogen and oxygen atoms in total. The van der Waals surface area contributed by atoms with Crippen molar-refractivity contribution in [3.63, 3.8) is 0 Å². The van der Waals surface area contributed by atoms with Crippen LogP contribution >= 0.6 is 0 Å². The predicted molar refractivity (Wildman–Crippen MR) is 113 cm³/mol. The van der Waals surface area contributed by atoms with Crippen LogP contribution in [0, 0.1) is 0 Å². The molecule has 28 heavy (non-hydrogen) atoms. The van der Waals surface area contributed by atoms with E-state index >= 15 is 0 Å². The first-order valence-electron chi connectivity index (χ1n) is 9.86. The predicted octanol–water partition coefficient (Wildman–Crippen LogP) is 3.13. The maximum absolute atomic E-state index is 13.0. The summed E-state index contributed by atoms with van der Waals surface area (Å²) in [5.41, 5.74) is 2.05. The van der Waals surface area contributed by atoms with Gasteiger partial charge in [-0.2, -0.15) is 0 Å². The van der Waals surface area contributed by atoms with Crippen LogP contribution in [0.15, 0.2) is 60.7 Å². The molecule has 0 aliphatic rings. The lowest BCUT2D eigenvalue weighted by atomic mass is 9.98. The van der Waals surface area contributed by atoms with E-state index in [1.807, 2.05) is 93.3 Å². The van der Waals surface area contributed by atoms with Crippen LogP contribution in [-0.4, -0.2) is 41.9 Å². The van der Waals surface area contributed by atoms with Gasteiger partial charge in [0.15, 0.2) is 0 Å². The van der Waals surface area contributed by atoms with Gasteiger partial charge in [-0.25, -0.2) is 0 Å². The molecule has 0 bridgehead atoms. The molecule has 0 aliphatic carbocycles. The highest BCUT2D eigenvalue weighted by Gasteiger charge is 2.25. The molecule has 2 rings (SSSR count). The Morgan fingerprint density at radius 1 is 0.857 bits per heavy atom. The van der Waals surface area contributed by atoms with Crippen molar-refractivity contribution in [2.24, 2.45) is 0 Å². The summed E-state index contributed by atoms with van der Waals surface area (Å²) in [5, 5.41) is 6.05. The lowest BCUT2D eigenvalue weighted by Crippen LogP contribution is -2.50. The monoisotopic (exact) mass is 381 g/mol. The van der Waals surface area contributed by atoms with E-state index in [0.717, 1.165) is 11.1 Å². The van der Waals surface area contributed by atoms with Crippen molar-refractivity contribution >= 4 is 11.8 Å². The minimum Gasteiger partial charge on any atom is -0.353 e. The summed E-state index contributed by atoms with van der Waals surface area (Å²) in [6.45, 7) is 8.46. The van der Waals surface area contributed by atoms with E-state index in [9.17, 15) is 9.59 Å². The van der Waals surface area contributed by atoms with Gasteiger partial charge in [-0.3, -0.25) is 14.5 Å². The van der Waals surface area contributed by atoms with E-state index in [2.05, 4.69) is 10.6 Å². The number of likely N-dealkylation sites (N-methyl/N-ethyl adjacent to an activating group) is 1. The average molecular weight is 382 g/mol. The standard InChI is InChI=1S/C23H31N3O2/c1-5-26(16-21(27)24-17(2)3)18(4)23(28)25-22(19-12-8-6-9-13-19)20-14-10-7-11-15-20/h6-15,17-18,22H,5,16H2,1-4H3,(H,24,27)(H,25,28)/t18-/m1/s1. The molecule has 0 unspecified atom stereocenters. The SMILES string of the molecule is CCN(CC(=O)NC(C)C)[C@H](C)C(=O)NC(c1ccccc1)c1ccccc1. The Morgan fingerprint density at radius 3 is 1.79 bits per heavy atom. The number of carbonyl (C=O) groups excluding carboxylic acids is 2. The highest BCUT2D eigenvalue weighted by atomic mass is 16.2. The number of hydrogen-bond donors (Lipinski definition) is 2. The number of nitrogens with one attached hydrogen (secondary N) is 2. The van der Waals surface area contributed by atoms with E-state index in [0.29, 0.717) is 6.54 Å². The number of benzene rings is 2. The van der Waals surface area contributed by atoms with Gasteiger partial charge in [0.25, 0.3) is 0 Å². The normalized spacial score (nSPS) is 12.2. The third-order valence-electron chi connectivity index (χ3n) is 4.68. The smallest absolute Gasteiger partial charge is 0.237 e. The molecule has 0 radical (unpaired) electrons. The van der Waals surface area contributed by atoms with Crippen molar-refractivity contribution in [3.8, 4) is 0 Å². The Morgan fingerprint density at radius 2 is 1.36 bits per heavy atom. The molecule has 5 heteroatoms. The van der Waals surface area contributed by atoms with Crippen LogP contribution in [0.3, 0.4) is 0 Å². The highest BCUT2D eigenvalue weighted by molar-refractivity contribution is 5.84. The van der Waals surface area contributed by atoms with Crippen LogP contribution in [0.2, 0.25) is 0 Å². The Labute approximate surface area is 168 Å². The van der Waals surface area contributed by atoms with Crippen LogP contribution < -0.4 is 10.6 Å². The van der Waals surface area contributed by atoms with Gasteiger partial charge < -0.3 is 10.6 Å². The van der Waals surface area contributed by atoms with Crippen molar-refractivity contribution in [1.82, 2.24) is 15.5 Å². The third-order valence-corrected chi connectivity index (χ3v) is 4.68. The van der Waals surface area contributed by atoms with E-state index < -0.39 is 6.04 Å². The maximum atomic E-state index is 13.0. The topological polar surface area (TPSA) is 61.4 Å². The molecule has 2 aromatic carbocycles. The average Bonchev–Trinajstić information content (AvgIpc) is 2.70. The first-order chi connectivity index (χ1) is 13.4. The first-order valence-corrected chi connectivity index (χ1v) is 9.86. The molecule has 0 fully saturated rings. The van der Waals surface area contributed by atoms with Crippen molar-refractivity contribution in [2.75, 3.05) is 13.1 Å². The van der Waals surface area contributed by atoms with E-state index in [4.69, 9.17) is 0 Å². The molecular weight excluding hydrogens is 350 g/mol. The Hall–Kier alpha value is -2.66. The Kier molecular flexibility index (Phi) is 8.20. The molecular formula is C23H31N3O2. The highest BCUT2D eigenvalue weighted by Crippen LogP contribution is 2.22. The summed E-state index contributed by atoms with van der Waals surface area (Å²) in [4.78, 5) is 27.0. The quantitative estimate of drug-likeness (QED) is 0.702. The van der Waals surface area contributed by atoms with Crippen LogP contribution in [0.4, 0.5) is 0 Å². The second kappa shape index (κ2) is 10.6. The largest absolute Gasteiger partial charge is 0.353 e. The van der Waals surface area contributed by atoms with E-state index in [1.165, 1.54) is 0 Å². The van der Waals surface area contributed by atoms with Crippen molar-refractivity contribution in [2.45, 2.75) is 45.8 Å². The number of hydrogen-bond acceptors (Lipinski definition) is 3. The van der Waals surface area contributed by atoms with Crippen LogP contribution in [0.5, 0.6) is 0 Å². The molecule has 2 aromatic rings. The van der Waals surface area contributed by atoms with E-state index in [-0.39, 0.29) is 30.4 Å². The van der Waals surface area contributed by atoms with Gasteiger partial charge in [0.05, 0.1) is 18.6 Å².